The summed E-state index contributed by atoms with van der Waals surface area (Å²) in [4.78, 5) is 47.1. The van der Waals surface area contributed by atoms with Crippen molar-refractivity contribution in [2.45, 2.75) is 31.3 Å². The summed E-state index contributed by atoms with van der Waals surface area (Å²) in [6.07, 6.45) is 3.07. The fraction of sp³-hybridized carbons (Fsp3) is 0.357. The summed E-state index contributed by atoms with van der Waals surface area (Å²) in [5.41, 5.74) is 0.0404. The first-order valence-electron chi connectivity index (χ1n) is 6.82. The summed E-state index contributed by atoms with van der Waals surface area (Å²) in [5.74, 6) is -4.99. The number of carbonyl (C=O) groups is 4. The van der Waals surface area contributed by atoms with Gasteiger partial charge in [-0.1, -0.05) is 0 Å². The molecule has 0 bridgehead atoms. The Bertz CT molecular complexity index is 635. The molecule has 130 valence electrons. The summed E-state index contributed by atoms with van der Waals surface area (Å²) in [6.45, 7) is 0. The molecule has 10 heteroatoms. The second kappa shape index (κ2) is 8.46. The molecule has 0 aliphatic carbocycles. The van der Waals surface area contributed by atoms with Crippen molar-refractivity contribution in [3.05, 3.63) is 23.4 Å². The van der Waals surface area contributed by atoms with E-state index in [0.717, 1.165) is 6.21 Å². The molecule has 24 heavy (non-hydrogen) atoms. The summed E-state index contributed by atoms with van der Waals surface area (Å²) < 4.78 is 0. The Kier molecular flexibility index (Phi) is 6.65. The Morgan fingerprint density at radius 1 is 1.25 bits per heavy atom. The fourth-order valence-corrected chi connectivity index (χ4v) is 1.91. The van der Waals surface area contributed by atoms with E-state index in [1.807, 2.05) is 0 Å². The van der Waals surface area contributed by atoms with E-state index in [1.54, 1.807) is 0 Å². The van der Waals surface area contributed by atoms with E-state index in [0.29, 0.717) is 5.57 Å². The maximum Gasteiger partial charge on any atom is 0.351 e. The average molecular weight is 340 g/mol. The van der Waals surface area contributed by atoms with E-state index < -0.39 is 36.0 Å². The molecule has 0 aromatic carbocycles. The normalized spacial score (nSPS) is 20.2. The lowest BCUT2D eigenvalue weighted by Gasteiger charge is -2.21. The number of allylic oxidation sites excluding steroid dienone is 2. The van der Waals surface area contributed by atoms with Crippen molar-refractivity contribution in [2.75, 3.05) is 0 Å². The molecule has 0 saturated heterocycles. The van der Waals surface area contributed by atoms with Crippen molar-refractivity contribution >= 4 is 30.1 Å². The van der Waals surface area contributed by atoms with E-state index >= 15 is 0 Å². The van der Waals surface area contributed by atoms with Gasteiger partial charge in [-0.15, -0.1) is 0 Å². The minimum absolute atomic E-state index is 0.00893. The zero-order chi connectivity index (χ0) is 18.3. The van der Waals surface area contributed by atoms with Gasteiger partial charge in [0.25, 0.3) is 0 Å². The van der Waals surface area contributed by atoms with Gasteiger partial charge in [0.05, 0.1) is 0 Å². The molecule has 1 aliphatic rings. The van der Waals surface area contributed by atoms with Crippen LogP contribution in [0.5, 0.6) is 0 Å². The molecule has 10 nitrogen and oxygen atoms in total. The molecule has 5 N–H and O–H groups in total. The second-order valence-corrected chi connectivity index (χ2v) is 4.93. The molecule has 1 heterocycles. The van der Waals surface area contributed by atoms with Crippen LogP contribution in [0.3, 0.4) is 0 Å². The highest BCUT2D eigenvalue weighted by Gasteiger charge is 2.26. The van der Waals surface area contributed by atoms with Crippen molar-refractivity contribution < 1.29 is 39.6 Å². The fourth-order valence-electron chi connectivity index (χ4n) is 1.91. The highest BCUT2D eigenvalue weighted by Crippen LogP contribution is 2.16. The number of hydrogen-bond donors (Lipinski definition) is 5. The third kappa shape index (κ3) is 5.91. The third-order valence-corrected chi connectivity index (χ3v) is 3.10. The minimum atomic E-state index is -1.33. The van der Waals surface area contributed by atoms with Gasteiger partial charge < -0.3 is 25.7 Å². The molecule has 0 aromatic heterocycles. The zero-order valence-electron chi connectivity index (χ0n) is 12.4. The first-order chi connectivity index (χ1) is 11.2. The van der Waals surface area contributed by atoms with Crippen molar-refractivity contribution in [1.82, 2.24) is 5.32 Å². The number of aliphatic imine (C=N–C) groups is 1. The molecule has 0 radical (unpaired) electrons. The van der Waals surface area contributed by atoms with Gasteiger partial charge in [-0.3, -0.25) is 9.79 Å². The van der Waals surface area contributed by atoms with Crippen LogP contribution in [0.2, 0.25) is 0 Å². The molecular formula is C14H16N2O8. The number of aliphatic carboxylic acids is 4. The zero-order valence-corrected chi connectivity index (χ0v) is 12.4. The van der Waals surface area contributed by atoms with Crippen LogP contribution in [0.25, 0.3) is 0 Å². The first kappa shape index (κ1) is 18.9. The quantitative estimate of drug-likeness (QED) is 0.372. The molecule has 0 unspecified atom stereocenters. The van der Waals surface area contributed by atoms with Crippen molar-refractivity contribution in [3.8, 4) is 0 Å². The predicted octanol–water partition coefficient (Wildman–Crippen LogP) is -0.283. The van der Waals surface area contributed by atoms with E-state index in [-0.39, 0.29) is 25.0 Å². The second-order valence-electron chi connectivity index (χ2n) is 4.93. The Morgan fingerprint density at radius 2 is 1.92 bits per heavy atom. The Hall–Kier alpha value is -3.17. The number of nitrogens with one attached hydrogen (secondary N) is 1. The number of rotatable bonds is 8. The number of carboxylic acid groups (broad SMARTS) is 4. The molecule has 0 fully saturated rings. The largest absolute Gasteiger partial charge is 0.481 e. The van der Waals surface area contributed by atoms with Crippen LogP contribution >= 0.6 is 0 Å². The summed E-state index contributed by atoms with van der Waals surface area (Å²) in [7, 11) is 0. The monoisotopic (exact) mass is 340 g/mol. The number of carboxylic acids is 4. The van der Waals surface area contributed by atoms with Gasteiger partial charge in [0.1, 0.15) is 17.8 Å². The maximum atomic E-state index is 11.0. The van der Waals surface area contributed by atoms with Crippen molar-refractivity contribution in [2.24, 2.45) is 4.99 Å². The van der Waals surface area contributed by atoms with Gasteiger partial charge in [-0.05, 0) is 24.1 Å². The van der Waals surface area contributed by atoms with Gasteiger partial charge in [0.15, 0.2) is 0 Å². The van der Waals surface area contributed by atoms with Crippen LogP contribution in [0.15, 0.2) is 28.4 Å². The molecule has 0 aromatic rings. The van der Waals surface area contributed by atoms with Crippen LogP contribution in [-0.4, -0.2) is 62.6 Å². The van der Waals surface area contributed by atoms with E-state index in [9.17, 15) is 19.2 Å². The maximum absolute atomic E-state index is 11.0. The highest BCUT2D eigenvalue weighted by molar-refractivity contribution is 5.90. The molecular weight excluding hydrogens is 324 g/mol. The Labute approximate surface area is 135 Å². The lowest BCUT2D eigenvalue weighted by atomic mass is 10.00. The van der Waals surface area contributed by atoms with E-state index in [1.165, 1.54) is 12.2 Å². The topological polar surface area (TPSA) is 174 Å². The number of hydrogen-bond acceptors (Lipinski definition) is 6. The predicted molar refractivity (Wildman–Crippen MR) is 79.8 cm³/mol. The van der Waals surface area contributed by atoms with Gasteiger partial charge >= 0.3 is 23.9 Å². The molecule has 1 rings (SSSR count). The molecule has 0 saturated carbocycles. The van der Waals surface area contributed by atoms with E-state index in [4.69, 9.17) is 20.4 Å². The molecule has 2 atom stereocenters. The number of nitrogens with zero attached hydrogens (tertiary/aromatic N) is 1. The van der Waals surface area contributed by atoms with Crippen LogP contribution in [0, 0.1) is 0 Å². The smallest absolute Gasteiger partial charge is 0.351 e. The lowest BCUT2D eigenvalue weighted by Crippen LogP contribution is -2.41. The minimum Gasteiger partial charge on any atom is -0.481 e. The first-order valence-corrected chi connectivity index (χ1v) is 6.82. The van der Waals surface area contributed by atoms with Crippen molar-refractivity contribution in [1.29, 1.82) is 0 Å². The van der Waals surface area contributed by atoms with Crippen LogP contribution in [0.4, 0.5) is 0 Å². The van der Waals surface area contributed by atoms with Gasteiger partial charge in [0, 0.05) is 19.1 Å². The van der Waals surface area contributed by atoms with Crippen LogP contribution in [-0.2, 0) is 19.2 Å². The van der Waals surface area contributed by atoms with Crippen LogP contribution in [0.1, 0.15) is 19.3 Å². The third-order valence-electron chi connectivity index (χ3n) is 3.10. The average Bonchev–Trinajstić information content (AvgIpc) is 2.49. The summed E-state index contributed by atoms with van der Waals surface area (Å²) in [6, 6.07) is -2.37. The molecule has 1 aliphatic heterocycles. The molecule has 0 amide bonds. The highest BCUT2D eigenvalue weighted by atomic mass is 16.4. The van der Waals surface area contributed by atoms with Crippen molar-refractivity contribution in [3.63, 3.8) is 0 Å². The Morgan fingerprint density at radius 3 is 2.42 bits per heavy atom. The van der Waals surface area contributed by atoms with E-state index in [2.05, 4.69) is 10.3 Å². The lowest BCUT2D eigenvalue weighted by molar-refractivity contribution is -0.141. The van der Waals surface area contributed by atoms with Gasteiger partial charge in [-0.2, -0.15) is 0 Å². The Balaban J connectivity index is 2.90. The summed E-state index contributed by atoms with van der Waals surface area (Å²) >= 11 is 0. The van der Waals surface area contributed by atoms with Gasteiger partial charge in [0.2, 0.25) is 0 Å². The van der Waals surface area contributed by atoms with Crippen LogP contribution < -0.4 is 5.32 Å². The summed E-state index contributed by atoms with van der Waals surface area (Å²) in [5, 5.41) is 37.8. The standard InChI is InChI=1S/C14H16N2O8/c17-11(18)2-1-8(12(19)20)15-4-3-7-5-9(13(21)22)16-10(6-7)14(23)24/h3-5,8,10,16H,1-2,6H2,(H,17,18)(H,19,20)(H,21,22)(H,23,24)/b7-3-,15-4+/t8-,10-/m0/s1. The van der Waals surface area contributed by atoms with Gasteiger partial charge in [-0.25, -0.2) is 14.4 Å². The SMILES string of the molecule is O=C(O)CC[C@H](/N=C/C=C1/C=C(C(=O)O)N[C@H](C(=O)O)C1)C(=O)O. The molecule has 0 spiro atoms.